The van der Waals surface area contributed by atoms with Crippen molar-refractivity contribution in [2.75, 3.05) is 5.73 Å². The van der Waals surface area contributed by atoms with E-state index in [1.807, 2.05) is 18.2 Å². The number of anilines is 1. The number of nitrogens with zero attached hydrogens (tertiary/aromatic N) is 2. The van der Waals surface area contributed by atoms with Crippen molar-refractivity contribution in [3.8, 4) is 0 Å². The minimum Gasteiger partial charge on any atom is -0.439 e. The number of hydrogen-bond acceptors (Lipinski definition) is 4. The van der Waals surface area contributed by atoms with Gasteiger partial charge in [0, 0.05) is 12.1 Å². The van der Waals surface area contributed by atoms with Crippen LogP contribution in [0.5, 0.6) is 0 Å². The van der Waals surface area contributed by atoms with Crippen LogP contribution in [-0.2, 0) is 6.54 Å². The molecule has 4 nitrogen and oxygen atoms in total. The van der Waals surface area contributed by atoms with Gasteiger partial charge in [-0.3, -0.25) is 4.90 Å². The lowest BCUT2D eigenvalue weighted by molar-refractivity contribution is 0.173. The minimum atomic E-state index is 0.609. The molecular formula is C15H21N3O. The first-order chi connectivity index (χ1) is 9.19. The Morgan fingerprint density at radius 3 is 3.00 bits per heavy atom. The molecule has 0 saturated carbocycles. The number of benzene rings is 1. The Morgan fingerprint density at radius 2 is 2.26 bits per heavy atom. The zero-order chi connectivity index (χ0) is 13.4. The van der Waals surface area contributed by atoms with Crippen molar-refractivity contribution >= 4 is 16.8 Å². The van der Waals surface area contributed by atoms with Gasteiger partial charge in [-0.1, -0.05) is 13.0 Å². The number of oxazole rings is 1. The lowest BCUT2D eigenvalue weighted by atomic mass is 10.1. The number of rotatable bonds is 3. The molecule has 1 saturated heterocycles. The zero-order valence-corrected chi connectivity index (χ0v) is 11.6. The summed E-state index contributed by atoms with van der Waals surface area (Å²) < 4.78 is 5.82. The van der Waals surface area contributed by atoms with Crippen molar-refractivity contribution in [1.29, 1.82) is 0 Å². The third-order valence-electron chi connectivity index (χ3n) is 4.24. The van der Waals surface area contributed by atoms with Crippen molar-refractivity contribution in [1.82, 2.24) is 9.88 Å². The van der Waals surface area contributed by atoms with Gasteiger partial charge < -0.3 is 10.2 Å². The molecule has 1 aliphatic rings. The summed E-state index contributed by atoms with van der Waals surface area (Å²) >= 11 is 0. The molecule has 2 aromatic rings. The van der Waals surface area contributed by atoms with Crippen molar-refractivity contribution in [3.63, 3.8) is 0 Å². The first-order valence-electron chi connectivity index (χ1n) is 7.08. The fourth-order valence-electron chi connectivity index (χ4n) is 3.09. The molecule has 2 unspecified atom stereocenters. The number of para-hydroxylation sites is 1. The molecule has 2 N–H and O–H groups in total. The highest BCUT2D eigenvalue weighted by atomic mass is 16.3. The monoisotopic (exact) mass is 259 g/mol. The summed E-state index contributed by atoms with van der Waals surface area (Å²) in [5.41, 5.74) is 8.19. The Balaban J connectivity index is 1.87. The quantitative estimate of drug-likeness (QED) is 0.860. The molecular weight excluding hydrogens is 238 g/mol. The van der Waals surface area contributed by atoms with Crippen LogP contribution in [0.3, 0.4) is 0 Å². The number of nitrogens with two attached hydrogens (primary N) is 1. The van der Waals surface area contributed by atoms with Crippen LogP contribution in [0.15, 0.2) is 22.6 Å². The molecule has 0 amide bonds. The second kappa shape index (κ2) is 4.85. The fourth-order valence-corrected chi connectivity index (χ4v) is 3.09. The van der Waals surface area contributed by atoms with E-state index in [-0.39, 0.29) is 0 Å². The van der Waals surface area contributed by atoms with Crippen LogP contribution in [0.25, 0.3) is 11.1 Å². The molecule has 0 aliphatic carbocycles. The maximum atomic E-state index is 5.92. The van der Waals surface area contributed by atoms with Gasteiger partial charge in [-0.25, -0.2) is 4.98 Å². The van der Waals surface area contributed by atoms with Crippen LogP contribution < -0.4 is 5.73 Å². The lowest BCUT2D eigenvalue weighted by Crippen LogP contribution is -2.33. The average molecular weight is 259 g/mol. The molecule has 4 heteroatoms. The van der Waals surface area contributed by atoms with Crippen molar-refractivity contribution in [2.24, 2.45) is 0 Å². The fraction of sp³-hybridized carbons (Fsp3) is 0.533. The second-order valence-electron chi connectivity index (χ2n) is 5.46. The first-order valence-corrected chi connectivity index (χ1v) is 7.08. The van der Waals surface area contributed by atoms with E-state index < -0.39 is 0 Å². The maximum Gasteiger partial charge on any atom is 0.209 e. The molecule has 102 valence electrons. The average Bonchev–Trinajstić information content (AvgIpc) is 2.96. The lowest BCUT2D eigenvalue weighted by Gasteiger charge is -2.25. The van der Waals surface area contributed by atoms with Gasteiger partial charge in [0.2, 0.25) is 5.89 Å². The number of nitrogen functional groups attached to an aromatic ring is 1. The highest BCUT2D eigenvalue weighted by Gasteiger charge is 2.30. The number of aromatic nitrogens is 1. The van der Waals surface area contributed by atoms with E-state index in [9.17, 15) is 0 Å². The molecule has 1 fully saturated rings. The van der Waals surface area contributed by atoms with Crippen molar-refractivity contribution in [3.05, 3.63) is 24.1 Å². The molecule has 0 radical (unpaired) electrons. The van der Waals surface area contributed by atoms with Gasteiger partial charge in [0.05, 0.1) is 12.2 Å². The third kappa shape index (κ3) is 2.21. The molecule has 0 bridgehead atoms. The van der Waals surface area contributed by atoms with E-state index in [2.05, 4.69) is 23.7 Å². The van der Waals surface area contributed by atoms with E-state index >= 15 is 0 Å². The van der Waals surface area contributed by atoms with Crippen LogP contribution in [0.1, 0.15) is 39.0 Å². The summed E-state index contributed by atoms with van der Waals surface area (Å²) in [7, 11) is 0. The smallest absolute Gasteiger partial charge is 0.209 e. The van der Waals surface area contributed by atoms with E-state index in [4.69, 9.17) is 10.2 Å². The number of hydrogen-bond donors (Lipinski definition) is 1. The van der Waals surface area contributed by atoms with Gasteiger partial charge in [-0.2, -0.15) is 0 Å². The highest BCUT2D eigenvalue weighted by Crippen LogP contribution is 2.29. The number of fused-ring (bicyclic) bond motifs is 1. The predicted molar refractivity (Wildman–Crippen MR) is 76.7 cm³/mol. The second-order valence-corrected chi connectivity index (χ2v) is 5.46. The van der Waals surface area contributed by atoms with Gasteiger partial charge >= 0.3 is 0 Å². The largest absolute Gasteiger partial charge is 0.439 e. The Morgan fingerprint density at radius 1 is 1.42 bits per heavy atom. The van der Waals surface area contributed by atoms with Crippen molar-refractivity contribution < 1.29 is 4.42 Å². The van der Waals surface area contributed by atoms with Crippen LogP contribution in [0.4, 0.5) is 5.69 Å². The summed E-state index contributed by atoms with van der Waals surface area (Å²) in [5, 5.41) is 0. The maximum absolute atomic E-state index is 5.92. The van der Waals surface area contributed by atoms with Gasteiger partial charge in [0.25, 0.3) is 0 Å². The van der Waals surface area contributed by atoms with Crippen LogP contribution in [-0.4, -0.2) is 22.0 Å². The molecule has 1 aromatic carbocycles. The van der Waals surface area contributed by atoms with Crippen molar-refractivity contribution in [2.45, 2.75) is 51.7 Å². The highest BCUT2D eigenvalue weighted by molar-refractivity contribution is 5.85. The van der Waals surface area contributed by atoms with E-state index in [1.54, 1.807) is 0 Å². The first kappa shape index (κ1) is 12.5. The normalized spacial score (nSPS) is 24.3. The molecule has 1 aliphatic heterocycles. The standard InChI is InChI=1S/C15H21N3O/c1-3-11-8-7-10(2)18(11)9-14-17-15-12(16)5-4-6-13(15)19-14/h4-6,10-11H,3,7-9,16H2,1-2H3. The Hall–Kier alpha value is -1.55. The Labute approximate surface area is 113 Å². The minimum absolute atomic E-state index is 0.609. The molecule has 2 heterocycles. The SMILES string of the molecule is CCC1CCC(C)N1Cc1nc2c(N)cccc2o1. The number of likely N-dealkylation sites (tertiary alicyclic amines) is 1. The summed E-state index contributed by atoms with van der Waals surface area (Å²) in [6.07, 6.45) is 3.73. The van der Waals surface area contributed by atoms with Crippen LogP contribution >= 0.6 is 0 Å². The van der Waals surface area contributed by atoms with Gasteiger partial charge in [0.15, 0.2) is 5.58 Å². The topological polar surface area (TPSA) is 55.3 Å². The summed E-state index contributed by atoms with van der Waals surface area (Å²) in [6.45, 7) is 5.32. The summed E-state index contributed by atoms with van der Waals surface area (Å²) in [4.78, 5) is 7.05. The van der Waals surface area contributed by atoms with Crippen LogP contribution in [0, 0.1) is 0 Å². The van der Waals surface area contributed by atoms with E-state index in [0.29, 0.717) is 17.8 Å². The predicted octanol–water partition coefficient (Wildman–Crippen LogP) is 3.17. The summed E-state index contributed by atoms with van der Waals surface area (Å²) in [5.74, 6) is 0.778. The molecule has 1 aromatic heterocycles. The molecule has 19 heavy (non-hydrogen) atoms. The Bertz CT molecular complexity index is 578. The zero-order valence-electron chi connectivity index (χ0n) is 11.6. The van der Waals surface area contributed by atoms with E-state index in [0.717, 1.165) is 23.5 Å². The van der Waals surface area contributed by atoms with Gasteiger partial charge in [-0.15, -0.1) is 0 Å². The Kier molecular flexibility index (Phi) is 3.19. The van der Waals surface area contributed by atoms with E-state index in [1.165, 1.54) is 19.3 Å². The molecule has 3 rings (SSSR count). The third-order valence-corrected chi connectivity index (χ3v) is 4.24. The van der Waals surface area contributed by atoms with Crippen LogP contribution in [0.2, 0.25) is 0 Å². The van der Waals surface area contributed by atoms with Gasteiger partial charge in [-0.05, 0) is 38.3 Å². The molecule has 0 spiro atoms. The molecule has 2 atom stereocenters. The van der Waals surface area contributed by atoms with Gasteiger partial charge in [0.1, 0.15) is 5.52 Å². The summed E-state index contributed by atoms with van der Waals surface area (Å²) in [6, 6.07) is 6.95.